The Kier molecular flexibility index (Phi) is 1.78. The first-order valence-corrected chi connectivity index (χ1v) is 3.88. The summed E-state index contributed by atoms with van der Waals surface area (Å²) in [5.74, 6) is 0.108. The zero-order valence-electron chi connectivity index (χ0n) is 6.52. The number of hydrogen-bond acceptors (Lipinski definition) is 2. The van der Waals surface area contributed by atoms with Gasteiger partial charge in [0.15, 0.2) is 0 Å². The Balaban J connectivity index is 2.18. The molecule has 0 radical (unpaired) electrons. The molecule has 1 unspecified atom stereocenters. The van der Waals surface area contributed by atoms with Crippen molar-refractivity contribution < 1.29 is 4.48 Å². The molecule has 1 heterocycles. The molecule has 0 amide bonds. The summed E-state index contributed by atoms with van der Waals surface area (Å²) < 4.78 is 12.5. The van der Waals surface area contributed by atoms with Crippen LogP contribution in [0.15, 0.2) is 35.4 Å². The van der Waals surface area contributed by atoms with Crippen LogP contribution in [0.2, 0.25) is 0 Å². The number of hydrogen-bond donors (Lipinski definition) is 0. The van der Waals surface area contributed by atoms with Gasteiger partial charge in [0.2, 0.25) is 0 Å². The second-order valence-electron chi connectivity index (χ2n) is 2.80. The number of halogens is 1. The topological polar surface area (TPSA) is 15.6 Å². The van der Waals surface area contributed by atoms with Gasteiger partial charge in [0.25, 0.3) is 0 Å². The van der Waals surface area contributed by atoms with Gasteiger partial charge in [-0.2, -0.15) is 5.10 Å². The highest BCUT2D eigenvalue weighted by Gasteiger charge is 2.18. The second-order valence-corrected chi connectivity index (χ2v) is 2.80. The fourth-order valence-corrected chi connectivity index (χ4v) is 1.30. The van der Waals surface area contributed by atoms with Crippen molar-refractivity contribution in [3.63, 3.8) is 0 Å². The van der Waals surface area contributed by atoms with Crippen molar-refractivity contribution in [2.75, 3.05) is 6.54 Å². The third kappa shape index (κ3) is 1.30. The SMILES string of the molecule is FN1CC(c2ccccc2)C=N1. The Morgan fingerprint density at radius 2 is 2.08 bits per heavy atom. The molecule has 1 atom stereocenters. The molecule has 0 aromatic heterocycles. The Morgan fingerprint density at radius 3 is 2.67 bits per heavy atom. The molecule has 0 N–H and O–H groups in total. The van der Waals surface area contributed by atoms with Gasteiger partial charge in [-0.3, -0.25) is 0 Å². The molecule has 0 saturated carbocycles. The summed E-state index contributed by atoms with van der Waals surface area (Å²) in [7, 11) is 0. The van der Waals surface area contributed by atoms with Gasteiger partial charge in [-0.05, 0) is 5.56 Å². The van der Waals surface area contributed by atoms with Crippen molar-refractivity contribution in [1.29, 1.82) is 0 Å². The third-order valence-electron chi connectivity index (χ3n) is 1.95. The number of nitrogens with zero attached hydrogens (tertiary/aromatic N) is 2. The van der Waals surface area contributed by atoms with Gasteiger partial charge in [0.1, 0.15) is 0 Å². The van der Waals surface area contributed by atoms with Crippen LogP contribution in [0.3, 0.4) is 0 Å². The Morgan fingerprint density at radius 1 is 1.33 bits per heavy atom. The molecule has 1 aromatic carbocycles. The van der Waals surface area contributed by atoms with E-state index in [0.29, 0.717) is 11.8 Å². The lowest BCUT2D eigenvalue weighted by Crippen LogP contribution is -2.08. The highest BCUT2D eigenvalue weighted by molar-refractivity contribution is 5.69. The van der Waals surface area contributed by atoms with Gasteiger partial charge in [0, 0.05) is 12.1 Å². The first-order chi connectivity index (χ1) is 5.86. The minimum atomic E-state index is 0.108. The summed E-state index contributed by atoms with van der Waals surface area (Å²) in [6, 6.07) is 9.81. The maximum absolute atomic E-state index is 12.5. The minimum absolute atomic E-state index is 0.108. The molecule has 62 valence electrons. The normalized spacial score (nSPS) is 21.8. The van der Waals surface area contributed by atoms with Gasteiger partial charge in [0.05, 0.1) is 6.54 Å². The van der Waals surface area contributed by atoms with E-state index < -0.39 is 0 Å². The summed E-state index contributed by atoms with van der Waals surface area (Å²) >= 11 is 0. The molecule has 0 fully saturated rings. The lowest BCUT2D eigenvalue weighted by Gasteiger charge is -2.06. The van der Waals surface area contributed by atoms with Crippen LogP contribution < -0.4 is 0 Å². The smallest absolute Gasteiger partial charge is 0.0818 e. The van der Waals surface area contributed by atoms with Gasteiger partial charge in [-0.25, -0.2) is 0 Å². The molecule has 1 aliphatic heterocycles. The van der Waals surface area contributed by atoms with E-state index in [2.05, 4.69) is 5.10 Å². The van der Waals surface area contributed by atoms with E-state index in [4.69, 9.17) is 0 Å². The molecule has 0 bridgehead atoms. The molecule has 12 heavy (non-hydrogen) atoms. The molecule has 2 rings (SSSR count). The highest BCUT2D eigenvalue weighted by Crippen LogP contribution is 2.19. The van der Waals surface area contributed by atoms with E-state index in [-0.39, 0.29) is 5.92 Å². The predicted octanol–water partition coefficient (Wildman–Crippen LogP) is 1.96. The Labute approximate surface area is 70.2 Å². The zero-order valence-corrected chi connectivity index (χ0v) is 6.52. The van der Waals surface area contributed by atoms with Gasteiger partial charge < -0.3 is 0 Å². The van der Waals surface area contributed by atoms with E-state index >= 15 is 0 Å². The first kappa shape index (κ1) is 7.28. The number of hydrazone groups is 1. The molecule has 1 aromatic rings. The highest BCUT2D eigenvalue weighted by atomic mass is 19.2. The van der Waals surface area contributed by atoms with Crippen LogP contribution in [-0.2, 0) is 0 Å². The average Bonchev–Trinajstić information content (AvgIpc) is 2.54. The van der Waals surface area contributed by atoms with E-state index in [1.54, 1.807) is 6.21 Å². The fraction of sp³-hybridized carbons (Fsp3) is 0.222. The molecular weight excluding hydrogens is 155 g/mol. The lowest BCUT2D eigenvalue weighted by molar-refractivity contribution is 0.0406. The van der Waals surface area contributed by atoms with Crippen molar-refractivity contribution in [3.8, 4) is 0 Å². The van der Waals surface area contributed by atoms with Crippen molar-refractivity contribution in [1.82, 2.24) is 5.23 Å². The number of rotatable bonds is 1. The van der Waals surface area contributed by atoms with Crippen molar-refractivity contribution in [2.45, 2.75) is 5.92 Å². The van der Waals surface area contributed by atoms with Crippen LogP contribution in [0.5, 0.6) is 0 Å². The summed E-state index contributed by atoms with van der Waals surface area (Å²) in [6.45, 7) is 0.337. The zero-order chi connectivity index (χ0) is 8.39. The Bertz CT molecular complexity index is 284. The monoisotopic (exact) mass is 164 g/mol. The van der Waals surface area contributed by atoms with Crippen LogP contribution in [0.4, 0.5) is 4.48 Å². The second kappa shape index (κ2) is 2.93. The van der Waals surface area contributed by atoms with E-state index in [0.717, 1.165) is 5.56 Å². The molecular formula is C9H9FN2. The quantitative estimate of drug-likeness (QED) is 0.579. The van der Waals surface area contributed by atoms with Gasteiger partial charge in [-0.1, -0.05) is 34.8 Å². The standard InChI is InChI=1S/C9H9FN2/c10-12-7-9(6-11-12)8-4-2-1-3-5-8/h1-6,9H,7H2. The fourth-order valence-electron chi connectivity index (χ4n) is 1.30. The summed E-state index contributed by atoms with van der Waals surface area (Å²) in [5, 5.41) is 4.01. The minimum Gasteiger partial charge on any atom is -0.159 e. The van der Waals surface area contributed by atoms with E-state index in [9.17, 15) is 4.48 Å². The molecule has 3 heteroatoms. The van der Waals surface area contributed by atoms with Crippen LogP contribution in [0.25, 0.3) is 0 Å². The average molecular weight is 164 g/mol. The van der Waals surface area contributed by atoms with Crippen LogP contribution >= 0.6 is 0 Å². The summed E-state index contributed by atoms with van der Waals surface area (Å²) in [6.07, 6.45) is 1.63. The van der Waals surface area contributed by atoms with E-state index in [1.807, 2.05) is 30.3 Å². The molecule has 0 spiro atoms. The lowest BCUT2D eigenvalue weighted by atomic mass is 10.0. The first-order valence-electron chi connectivity index (χ1n) is 3.88. The van der Waals surface area contributed by atoms with Crippen LogP contribution in [0.1, 0.15) is 11.5 Å². The van der Waals surface area contributed by atoms with Gasteiger partial charge >= 0.3 is 0 Å². The molecule has 2 nitrogen and oxygen atoms in total. The van der Waals surface area contributed by atoms with Crippen LogP contribution in [0, 0.1) is 0 Å². The molecule has 0 saturated heterocycles. The van der Waals surface area contributed by atoms with E-state index in [1.165, 1.54) is 0 Å². The van der Waals surface area contributed by atoms with Crippen molar-refractivity contribution >= 4 is 6.21 Å². The molecule has 0 aliphatic carbocycles. The Hall–Kier alpha value is -1.38. The summed E-state index contributed by atoms with van der Waals surface area (Å²) in [5.41, 5.74) is 1.11. The van der Waals surface area contributed by atoms with Crippen molar-refractivity contribution in [2.24, 2.45) is 5.10 Å². The predicted molar refractivity (Wildman–Crippen MR) is 45.5 cm³/mol. The third-order valence-corrected chi connectivity index (χ3v) is 1.95. The maximum Gasteiger partial charge on any atom is 0.0818 e. The van der Waals surface area contributed by atoms with Crippen LogP contribution in [-0.4, -0.2) is 18.0 Å². The molecule has 1 aliphatic rings. The van der Waals surface area contributed by atoms with Crippen molar-refractivity contribution in [3.05, 3.63) is 35.9 Å². The largest absolute Gasteiger partial charge is 0.159 e. The number of benzene rings is 1. The maximum atomic E-state index is 12.5. The van der Waals surface area contributed by atoms with Gasteiger partial charge in [-0.15, -0.1) is 5.23 Å². The summed E-state index contributed by atoms with van der Waals surface area (Å²) in [4.78, 5) is 0.